The predicted molar refractivity (Wildman–Crippen MR) is 47.8 cm³/mol. The highest BCUT2D eigenvalue weighted by Gasteiger charge is 2.07. The molecule has 0 aliphatic carbocycles. The van der Waals surface area contributed by atoms with Gasteiger partial charge >= 0.3 is 5.00 Å². The van der Waals surface area contributed by atoms with Gasteiger partial charge in [-0.1, -0.05) is 11.3 Å². The fraction of sp³-hybridized carbons (Fsp3) is 0. The molecule has 0 radical (unpaired) electrons. The van der Waals surface area contributed by atoms with Crippen molar-refractivity contribution in [3.05, 3.63) is 27.1 Å². The Morgan fingerprint density at radius 2 is 2.46 bits per heavy atom. The first-order valence-corrected chi connectivity index (χ1v) is 4.07. The van der Waals surface area contributed by atoms with Crippen LogP contribution < -0.4 is 5.43 Å². The smallest absolute Gasteiger partial charge is 0.277 e. The molecular formula is C6H5N3O3S. The van der Waals surface area contributed by atoms with Crippen LogP contribution in [0.2, 0.25) is 0 Å². The third-order valence-electron chi connectivity index (χ3n) is 1.13. The second-order valence-electron chi connectivity index (χ2n) is 1.98. The summed E-state index contributed by atoms with van der Waals surface area (Å²) >= 11 is 1.01. The van der Waals surface area contributed by atoms with Gasteiger partial charge in [-0.2, -0.15) is 5.10 Å². The van der Waals surface area contributed by atoms with Gasteiger partial charge in [-0.05, 0) is 0 Å². The Kier molecular flexibility index (Phi) is 3.09. The zero-order valence-electron chi connectivity index (χ0n) is 6.34. The summed E-state index contributed by atoms with van der Waals surface area (Å²) in [5, 5.41) is 15.3. The molecule has 0 aromatic carbocycles. The molecule has 13 heavy (non-hydrogen) atoms. The number of thiophene rings is 1. The Morgan fingerprint density at radius 3 is 3.00 bits per heavy atom. The molecule has 0 atom stereocenters. The summed E-state index contributed by atoms with van der Waals surface area (Å²) in [5.41, 5.74) is 2.65. The van der Waals surface area contributed by atoms with E-state index in [0.29, 0.717) is 12.0 Å². The first kappa shape index (κ1) is 9.33. The molecule has 0 aliphatic heterocycles. The van der Waals surface area contributed by atoms with E-state index in [2.05, 4.69) is 10.5 Å². The molecule has 1 aromatic heterocycles. The highest BCUT2D eigenvalue weighted by Crippen LogP contribution is 2.20. The Hall–Kier alpha value is -1.76. The first-order valence-electron chi connectivity index (χ1n) is 3.19. The van der Waals surface area contributed by atoms with Gasteiger partial charge in [0.15, 0.2) is 0 Å². The summed E-state index contributed by atoms with van der Waals surface area (Å²) in [5.74, 6) is 0. The average molecular weight is 199 g/mol. The van der Waals surface area contributed by atoms with Gasteiger partial charge in [0.2, 0.25) is 6.41 Å². The highest BCUT2D eigenvalue weighted by molar-refractivity contribution is 7.13. The summed E-state index contributed by atoms with van der Waals surface area (Å²) in [4.78, 5) is 19.5. The summed E-state index contributed by atoms with van der Waals surface area (Å²) in [6.07, 6.45) is 1.75. The maximum atomic E-state index is 10.2. The van der Waals surface area contributed by atoms with Crippen molar-refractivity contribution in [2.24, 2.45) is 5.10 Å². The molecule has 68 valence electrons. The number of nitrogens with one attached hydrogen (secondary N) is 1. The minimum atomic E-state index is -0.477. The molecule has 0 saturated heterocycles. The van der Waals surface area contributed by atoms with Gasteiger partial charge in [0.25, 0.3) is 0 Å². The van der Waals surface area contributed by atoms with Crippen LogP contribution in [0.15, 0.2) is 16.5 Å². The van der Waals surface area contributed by atoms with Crippen molar-refractivity contribution in [3.8, 4) is 0 Å². The molecule has 0 saturated carbocycles. The quantitative estimate of drug-likeness (QED) is 0.336. The number of nitro groups is 1. The lowest BCUT2D eigenvalue weighted by molar-refractivity contribution is -0.380. The van der Waals surface area contributed by atoms with Crippen LogP contribution in [0.1, 0.15) is 5.56 Å². The molecular weight excluding hydrogens is 194 g/mol. The number of nitrogens with zero attached hydrogens (tertiary/aromatic N) is 2. The van der Waals surface area contributed by atoms with Gasteiger partial charge in [-0.15, -0.1) is 0 Å². The van der Waals surface area contributed by atoms with Gasteiger partial charge in [0.1, 0.15) is 0 Å². The Morgan fingerprint density at radius 1 is 1.69 bits per heavy atom. The molecule has 7 heteroatoms. The lowest BCUT2D eigenvalue weighted by Crippen LogP contribution is -1.99. The summed E-state index contributed by atoms with van der Waals surface area (Å²) in [7, 11) is 0. The van der Waals surface area contributed by atoms with Gasteiger partial charge in [-0.25, -0.2) is 5.43 Å². The molecule has 0 spiro atoms. The van der Waals surface area contributed by atoms with Crippen molar-refractivity contribution in [2.75, 3.05) is 0 Å². The van der Waals surface area contributed by atoms with Crippen molar-refractivity contribution < 1.29 is 9.72 Å². The molecule has 0 unspecified atom stereocenters. The second-order valence-corrected chi connectivity index (χ2v) is 2.87. The van der Waals surface area contributed by atoms with Gasteiger partial charge < -0.3 is 0 Å². The number of rotatable bonds is 4. The normalized spacial score (nSPS) is 10.2. The molecule has 6 nitrogen and oxygen atoms in total. The zero-order valence-corrected chi connectivity index (χ0v) is 7.15. The maximum absolute atomic E-state index is 10.2. The summed E-state index contributed by atoms with van der Waals surface area (Å²) in [6, 6.07) is 1.38. The standard InChI is InChI=1S/C6H5N3O3S/c10-4-8-7-2-5-1-6(9(11)12)13-3-5/h1-4H,(H,8,10)/b7-2+. The van der Waals surface area contributed by atoms with Crippen molar-refractivity contribution in [2.45, 2.75) is 0 Å². The van der Waals surface area contributed by atoms with Crippen LogP contribution in [0.3, 0.4) is 0 Å². The molecule has 1 heterocycles. The van der Waals surface area contributed by atoms with Crippen LogP contribution in [0.25, 0.3) is 0 Å². The van der Waals surface area contributed by atoms with Crippen molar-refractivity contribution in [3.63, 3.8) is 0 Å². The van der Waals surface area contributed by atoms with Crippen molar-refractivity contribution in [1.29, 1.82) is 0 Å². The van der Waals surface area contributed by atoms with Crippen LogP contribution in [0.4, 0.5) is 5.00 Å². The first-order chi connectivity index (χ1) is 6.24. The topological polar surface area (TPSA) is 84.6 Å². The number of amides is 1. The Balaban J connectivity index is 2.69. The zero-order chi connectivity index (χ0) is 9.68. The molecule has 1 aromatic rings. The van der Waals surface area contributed by atoms with E-state index in [1.54, 1.807) is 5.38 Å². The van der Waals surface area contributed by atoms with E-state index in [9.17, 15) is 14.9 Å². The molecule has 0 aliphatic rings. The lowest BCUT2D eigenvalue weighted by atomic mass is 10.4. The minimum Gasteiger partial charge on any atom is -0.277 e. The van der Waals surface area contributed by atoms with Crippen molar-refractivity contribution >= 4 is 29.0 Å². The second kappa shape index (κ2) is 4.31. The van der Waals surface area contributed by atoms with Gasteiger partial charge in [0.05, 0.1) is 11.1 Å². The molecule has 0 bridgehead atoms. The Bertz CT molecular complexity index is 347. The summed E-state index contributed by atoms with van der Waals surface area (Å²) < 4.78 is 0. The van der Waals surface area contributed by atoms with E-state index in [4.69, 9.17) is 0 Å². The minimum absolute atomic E-state index is 0.0487. The van der Waals surface area contributed by atoms with E-state index in [0.717, 1.165) is 11.3 Å². The molecule has 1 N–H and O–H groups in total. The Labute approximate surface area is 77.0 Å². The van der Waals surface area contributed by atoms with E-state index >= 15 is 0 Å². The number of hydrogen-bond acceptors (Lipinski definition) is 5. The monoisotopic (exact) mass is 199 g/mol. The molecule has 1 amide bonds. The van der Waals surface area contributed by atoms with E-state index in [1.165, 1.54) is 12.3 Å². The molecule has 1 rings (SSSR count). The number of hydrogen-bond donors (Lipinski definition) is 1. The fourth-order valence-corrected chi connectivity index (χ4v) is 1.32. The maximum Gasteiger partial charge on any atom is 0.324 e. The highest BCUT2D eigenvalue weighted by atomic mass is 32.1. The van der Waals surface area contributed by atoms with E-state index < -0.39 is 4.92 Å². The van der Waals surface area contributed by atoms with E-state index in [-0.39, 0.29) is 5.00 Å². The van der Waals surface area contributed by atoms with Gasteiger partial charge in [-0.3, -0.25) is 14.9 Å². The largest absolute Gasteiger partial charge is 0.324 e. The van der Waals surface area contributed by atoms with Crippen LogP contribution >= 0.6 is 11.3 Å². The lowest BCUT2D eigenvalue weighted by Gasteiger charge is -1.82. The third-order valence-corrected chi connectivity index (χ3v) is 2.03. The predicted octanol–water partition coefficient (Wildman–Crippen LogP) is 0.736. The van der Waals surface area contributed by atoms with Crippen LogP contribution in [-0.4, -0.2) is 17.5 Å². The molecule has 0 fully saturated rings. The fourth-order valence-electron chi connectivity index (χ4n) is 0.645. The number of carbonyl (C=O) groups excluding carboxylic acids is 1. The number of hydrazone groups is 1. The van der Waals surface area contributed by atoms with Crippen LogP contribution in [0.5, 0.6) is 0 Å². The third kappa shape index (κ3) is 2.64. The average Bonchev–Trinajstić information content (AvgIpc) is 2.53. The SMILES string of the molecule is O=CN/N=C/c1csc([N+](=O)[O-])c1. The van der Waals surface area contributed by atoms with E-state index in [1.807, 2.05) is 0 Å². The van der Waals surface area contributed by atoms with Crippen molar-refractivity contribution in [1.82, 2.24) is 5.43 Å². The number of carbonyl (C=O) groups is 1. The summed E-state index contributed by atoms with van der Waals surface area (Å²) in [6.45, 7) is 0. The van der Waals surface area contributed by atoms with Crippen LogP contribution in [0, 0.1) is 10.1 Å². The van der Waals surface area contributed by atoms with Gasteiger partial charge in [0, 0.05) is 17.0 Å². The van der Waals surface area contributed by atoms with Crippen LogP contribution in [-0.2, 0) is 4.79 Å².